The molecule has 0 aromatic carbocycles. The minimum atomic E-state index is -0.146. The Hall–Kier alpha value is -2.21. The van der Waals surface area contributed by atoms with Crippen LogP contribution in [0.2, 0.25) is 0 Å². The van der Waals surface area contributed by atoms with E-state index >= 15 is 0 Å². The summed E-state index contributed by atoms with van der Waals surface area (Å²) in [7, 11) is 0. The zero-order chi connectivity index (χ0) is 13.8. The summed E-state index contributed by atoms with van der Waals surface area (Å²) in [5.74, 6) is -0.146. The fourth-order valence-electron chi connectivity index (χ4n) is 2.35. The molecule has 2 N–H and O–H groups in total. The van der Waals surface area contributed by atoms with Gasteiger partial charge in [-0.3, -0.25) is 9.78 Å². The molecule has 0 saturated carbocycles. The van der Waals surface area contributed by atoms with E-state index in [-0.39, 0.29) is 5.91 Å². The van der Waals surface area contributed by atoms with Crippen molar-refractivity contribution in [3.05, 3.63) is 42.5 Å². The van der Waals surface area contributed by atoms with Crippen molar-refractivity contribution >= 4 is 5.91 Å². The number of aromatic nitrogens is 3. The standard InChI is InChI=1S/C14H17N5O/c20-14(17-10-11-3-1-5-15-11)13-9-12(4-7-16-13)19-8-2-6-18-19/h2,4,6-9,11,15H,1,3,5,10H2,(H,17,20). The molecular formula is C14H17N5O. The van der Waals surface area contributed by atoms with Crippen molar-refractivity contribution in [3.63, 3.8) is 0 Å². The van der Waals surface area contributed by atoms with E-state index in [2.05, 4.69) is 20.7 Å². The van der Waals surface area contributed by atoms with Gasteiger partial charge in [0.05, 0.1) is 5.69 Å². The summed E-state index contributed by atoms with van der Waals surface area (Å²) in [6.45, 7) is 1.68. The number of rotatable bonds is 4. The third kappa shape index (κ3) is 2.85. The van der Waals surface area contributed by atoms with Gasteiger partial charge in [0.2, 0.25) is 0 Å². The maximum Gasteiger partial charge on any atom is 0.270 e. The van der Waals surface area contributed by atoms with Gasteiger partial charge in [0.25, 0.3) is 5.91 Å². The second-order valence-corrected chi connectivity index (χ2v) is 4.85. The Balaban J connectivity index is 1.66. The smallest absolute Gasteiger partial charge is 0.270 e. The van der Waals surface area contributed by atoms with Crippen molar-refractivity contribution in [3.8, 4) is 5.69 Å². The molecule has 2 aromatic heterocycles. The van der Waals surface area contributed by atoms with Gasteiger partial charge in [0.1, 0.15) is 5.69 Å². The predicted molar refractivity (Wildman–Crippen MR) is 74.7 cm³/mol. The Morgan fingerprint density at radius 3 is 3.20 bits per heavy atom. The van der Waals surface area contributed by atoms with E-state index in [0.717, 1.165) is 18.7 Å². The summed E-state index contributed by atoms with van der Waals surface area (Å²) >= 11 is 0. The number of carbonyl (C=O) groups excluding carboxylic acids is 1. The van der Waals surface area contributed by atoms with E-state index in [1.807, 2.05) is 18.3 Å². The fraction of sp³-hybridized carbons (Fsp3) is 0.357. The molecule has 1 saturated heterocycles. The Morgan fingerprint density at radius 1 is 1.50 bits per heavy atom. The highest BCUT2D eigenvalue weighted by atomic mass is 16.1. The highest BCUT2D eigenvalue weighted by Crippen LogP contribution is 2.08. The Kier molecular flexibility index (Phi) is 3.73. The van der Waals surface area contributed by atoms with Gasteiger partial charge in [-0.15, -0.1) is 0 Å². The lowest BCUT2D eigenvalue weighted by molar-refractivity contribution is 0.0945. The average Bonchev–Trinajstić information content (AvgIpc) is 3.18. The molecule has 1 aliphatic heterocycles. The monoisotopic (exact) mass is 271 g/mol. The van der Waals surface area contributed by atoms with Gasteiger partial charge < -0.3 is 10.6 Å². The topological polar surface area (TPSA) is 71.8 Å². The summed E-state index contributed by atoms with van der Waals surface area (Å²) in [4.78, 5) is 16.2. The second-order valence-electron chi connectivity index (χ2n) is 4.85. The van der Waals surface area contributed by atoms with Crippen molar-refractivity contribution in [2.75, 3.05) is 13.1 Å². The molecule has 0 spiro atoms. The summed E-state index contributed by atoms with van der Waals surface area (Å²) in [6.07, 6.45) is 7.44. The summed E-state index contributed by atoms with van der Waals surface area (Å²) in [5.41, 5.74) is 1.24. The number of carbonyl (C=O) groups is 1. The number of pyridine rings is 1. The van der Waals surface area contributed by atoms with Crippen LogP contribution >= 0.6 is 0 Å². The first-order valence-corrected chi connectivity index (χ1v) is 6.80. The largest absolute Gasteiger partial charge is 0.349 e. The average molecular weight is 271 g/mol. The molecule has 1 atom stereocenters. The molecule has 20 heavy (non-hydrogen) atoms. The third-order valence-corrected chi connectivity index (χ3v) is 3.42. The Bertz CT molecular complexity index is 575. The lowest BCUT2D eigenvalue weighted by Crippen LogP contribution is -2.37. The molecule has 6 heteroatoms. The van der Waals surface area contributed by atoms with Gasteiger partial charge in [0, 0.05) is 31.2 Å². The van der Waals surface area contributed by atoms with E-state index in [1.54, 1.807) is 23.1 Å². The van der Waals surface area contributed by atoms with Crippen LogP contribution in [0.4, 0.5) is 0 Å². The van der Waals surface area contributed by atoms with Gasteiger partial charge in [0.15, 0.2) is 0 Å². The summed E-state index contributed by atoms with van der Waals surface area (Å²) in [6, 6.07) is 5.78. The number of hydrogen-bond donors (Lipinski definition) is 2. The van der Waals surface area contributed by atoms with Crippen LogP contribution in [0.3, 0.4) is 0 Å². The van der Waals surface area contributed by atoms with Crippen LogP contribution < -0.4 is 10.6 Å². The Morgan fingerprint density at radius 2 is 2.45 bits per heavy atom. The quantitative estimate of drug-likeness (QED) is 0.860. The van der Waals surface area contributed by atoms with Crippen LogP contribution in [-0.2, 0) is 0 Å². The number of nitrogens with one attached hydrogen (secondary N) is 2. The van der Waals surface area contributed by atoms with Crippen LogP contribution in [0.15, 0.2) is 36.8 Å². The van der Waals surface area contributed by atoms with Crippen LogP contribution in [0.25, 0.3) is 5.69 Å². The second kappa shape index (κ2) is 5.83. The zero-order valence-corrected chi connectivity index (χ0v) is 11.1. The maximum absolute atomic E-state index is 12.1. The predicted octanol–water partition coefficient (Wildman–Crippen LogP) is 0.749. The molecule has 0 bridgehead atoms. The summed E-state index contributed by atoms with van der Waals surface area (Å²) in [5, 5.41) is 10.4. The molecule has 1 amide bonds. The first kappa shape index (κ1) is 12.8. The van der Waals surface area contributed by atoms with Crippen LogP contribution in [-0.4, -0.2) is 39.8 Å². The highest BCUT2D eigenvalue weighted by molar-refractivity contribution is 5.92. The van der Waals surface area contributed by atoms with Crippen molar-refractivity contribution < 1.29 is 4.79 Å². The highest BCUT2D eigenvalue weighted by Gasteiger charge is 2.16. The minimum Gasteiger partial charge on any atom is -0.349 e. The lowest BCUT2D eigenvalue weighted by atomic mass is 10.2. The SMILES string of the molecule is O=C(NCC1CCCN1)c1cc(-n2cccn2)ccn1. The molecule has 104 valence electrons. The molecule has 1 fully saturated rings. The van der Waals surface area contributed by atoms with Crippen molar-refractivity contribution in [1.29, 1.82) is 0 Å². The molecule has 3 heterocycles. The van der Waals surface area contributed by atoms with Crippen molar-refractivity contribution in [1.82, 2.24) is 25.4 Å². The first-order chi connectivity index (χ1) is 9.83. The molecule has 0 aliphatic carbocycles. The first-order valence-electron chi connectivity index (χ1n) is 6.80. The van der Waals surface area contributed by atoms with Gasteiger partial charge in [-0.2, -0.15) is 5.10 Å². The van der Waals surface area contributed by atoms with Crippen LogP contribution in [0, 0.1) is 0 Å². The van der Waals surface area contributed by atoms with Crippen LogP contribution in [0.1, 0.15) is 23.3 Å². The van der Waals surface area contributed by atoms with Crippen molar-refractivity contribution in [2.45, 2.75) is 18.9 Å². The number of nitrogens with zero attached hydrogens (tertiary/aromatic N) is 3. The number of hydrogen-bond acceptors (Lipinski definition) is 4. The fourth-order valence-corrected chi connectivity index (χ4v) is 2.35. The molecule has 6 nitrogen and oxygen atoms in total. The van der Waals surface area contributed by atoms with Crippen LogP contribution in [0.5, 0.6) is 0 Å². The normalized spacial score (nSPS) is 18.1. The molecular weight excluding hydrogens is 254 g/mol. The van der Waals surface area contributed by atoms with E-state index in [0.29, 0.717) is 18.3 Å². The maximum atomic E-state index is 12.1. The van der Waals surface area contributed by atoms with Crippen molar-refractivity contribution in [2.24, 2.45) is 0 Å². The van der Waals surface area contributed by atoms with Gasteiger partial charge >= 0.3 is 0 Å². The molecule has 1 unspecified atom stereocenters. The van der Waals surface area contributed by atoms with E-state index < -0.39 is 0 Å². The van der Waals surface area contributed by atoms with Gasteiger partial charge in [-0.1, -0.05) is 0 Å². The van der Waals surface area contributed by atoms with Gasteiger partial charge in [-0.05, 0) is 37.6 Å². The number of amides is 1. The van der Waals surface area contributed by atoms with E-state index in [1.165, 1.54) is 6.42 Å². The summed E-state index contributed by atoms with van der Waals surface area (Å²) < 4.78 is 1.71. The molecule has 2 aromatic rings. The molecule has 1 aliphatic rings. The lowest BCUT2D eigenvalue weighted by Gasteiger charge is -2.11. The third-order valence-electron chi connectivity index (χ3n) is 3.42. The minimum absolute atomic E-state index is 0.146. The van der Waals surface area contributed by atoms with E-state index in [9.17, 15) is 4.79 Å². The Labute approximate surface area is 117 Å². The molecule has 3 rings (SSSR count). The van der Waals surface area contributed by atoms with Gasteiger partial charge in [-0.25, -0.2) is 4.68 Å². The molecule has 0 radical (unpaired) electrons. The zero-order valence-electron chi connectivity index (χ0n) is 11.1. The van der Waals surface area contributed by atoms with E-state index in [4.69, 9.17) is 0 Å².